The van der Waals surface area contributed by atoms with Gasteiger partial charge in [-0.1, -0.05) is 23.2 Å². The van der Waals surface area contributed by atoms with Gasteiger partial charge in [0.2, 0.25) is 0 Å². The average Bonchev–Trinajstić information content (AvgIpc) is 3.15. The molecule has 1 aliphatic rings. The first-order chi connectivity index (χ1) is 9.04. The number of H-pyrrole nitrogens is 1. The van der Waals surface area contributed by atoms with Gasteiger partial charge in [0.25, 0.3) is 5.56 Å². The van der Waals surface area contributed by atoms with Crippen LogP contribution in [0.1, 0.15) is 24.5 Å². The van der Waals surface area contributed by atoms with Crippen molar-refractivity contribution in [2.24, 2.45) is 0 Å². The van der Waals surface area contributed by atoms with Crippen LogP contribution in [0, 0.1) is 0 Å². The van der Waals surface area contributed by atoms with Crippen molar-refractivity contribution >= 4 is 39.1 Å². The van der Waals surface area contributed by atoms with Gasteiger partial charge < -0.3 is 4.98 Å². The highest BCUT2D eigenvalue weighted by Gasteiger charge is 2.29. The molecule has 3 rings (SSSR count). The maximum Gasteiger partial charge on any atom is 0.265 e. The summed E-state index contributed by atoms with van der Waals surface area (Å²) in [5.41, 5.74) is 1.35. The first-order valence-electron chi connectivity index (χ1n) is 5.81. The van der Waals surface area contributed by atoms with Crippen LogP contribution in [-0.4, -0.2) is 9.97 Å². The Morgan fingerprint density at radius 2 is 1.84 bits per heavy atom. The van der Waals surface area contributed by atoms with E-state index in [-0.39, 0.29) is 5.56 Å². The number of halogens is 3. The van der Waals surface area contributed by atoms with Gasteiger partial charge in [0.15, 0.2) is 0 Å². The minimum Gasteiger partial charge on any atom is -0.306 e. The molecular weight excluding hydrogens is 351 g/mol. The summed E-state index contributed by atoms with van der Waals surface area (Å²) in [5, 5.41) is 1.03. The number of nitrogens with one attached hydrogen (secondary N) is 1. The standard InChI is InChI=1S/C13H9BrCl2N2O/c14-10-11(6-1-2-6)17-12(18-13(10)19)7-3-8(15)5-9(16)4-7/h3-6H,1-2H2,(H,17,18,19). The summed E-state index contributed by atoms with van der Waals surface area (Å²) in [4.78, 5) is 19.2. The summed E-state index contributed by atoms with van der Waals surface area (Å²) in [6.45, 7) is 0. The molecule has 0 amide bonds. The number of hydrogen-bond acceptors (Lipinski definition) is 2. The second-order valence-electron chi connectivity index (χ2n) is 4.55. The number of rotatable bonds is 2. The number of aromatic amines is 1. The topological polar surface area (TPSA) is 45.8 Å². The molecule has 0 atom stereocenters. The van der Waals surface area contributed by atoms with Gasteiger partial charge in [-0.25, -0.2) is 4.98 Å². The van der Waals surface area contributed by atoms with E-state index in [1.54, 1.807) is 18.2 Å². The molecule has 6 heteroatoms. The lowest BCUT2D eigenvalue weighted by Gasteiger charge is -2.07. The third-order valence-corrected chi connectivity index (χ3v) is 4.19. The summed E-state index contributed by atoms with van der Waals surface area (Å²) >= 11 is 15.2. The summed E-state index contributed by atoms with van der Waals surface area (Å²) in [6, 6.07) is 5.11. The Hall–Kier alpha value is -0.840. The minimum absolute atomic E-state index is 0.178. The highest BCUT2D eigenvalue weighted by Crippen LogP contribution is 2.41. The molecule has 1 N–H and O–H groups in total. The number of nitrogens with zero attached hydrogens (tertiary/aromatic N) is 1. The van der Waals surface area contributed by atoms with E-state index in [0.29, 0.717) is 31.8 Å². The van der Waals surface area contributed by atoms with Crippen molar-refractivity contribution in [3.63, 3.8) is 0 Å². The highest BCUT2D eigenvalue weighted by molar-refractivity contribution is 9.10. The third kappa shape index (κ3) is 2.71. The van der Waals surface area contributed by atoms with E-state index in [1.165, 1.54) is 0 Å². The van der Waals surface area contributed by atoms with E-state index in [4.69, 9.17) is 23.2 Å². The zero-order valence-electron chi connectivity index (χ0n) is 9.71. The van der Waals surface area contributed by atoms with Crippen LogP contribution in [0.5, 0.6) is 0 Å². The largest absolute Gasteiger partial charge is 0.306 e. The van der Waals surface area contributed by atoms with Gasteiger partial charge in [-0.15, -0.1) is 0 Å². The molecule has 1 saturated carbocycles. The van der Waals surface area contributed by atoms with E-state index < -0.39 is 0 Å². The molecule has 0 unspecified atom stereocenters. The zero-order chi connectivity index (χ0) is 13.6. The third-order valence-electron chi connectivity index (χ3n) is 2.99. The molecule has 0 aliphatic heterocycles. The van der Waals surface area contributed by atoms with Gasteiger partial charge in [0.1, 0.15) is 10.3 Å². The Kier molecular flexibility index (Phi) is 3.41. The predicted molar refractivity (Wildman–Crippen MR) is 80.0 cm³/mol. The first kappa shape index (κ1) is 13.2. The molecule has 3 nitrogen and oxygen atoms in total. The summed E-state index contributed by atoms with van der Waals surface area (Å²) in [7, 11) is 0. The van der Waals surface area contributed by atoms with Gasteiger partial charge >= 0.3 is 0 Å². The van der Waals surface area contributed by atoms with E-state index in [9.17, 15) is 4.79 Å². The zero-order valence-corrected chi connectivity index (χ0v) is 12.8. The monoisotopic (exact) mass is 358 g/mol. The maximum absolute atomic E-state index is 11.9. The van der Waals surface area contributed by atoms with Crippen LogP contribution in [0.4, 0.5) is 0 Å². The van der Waals surface area contributed by atoms with Gasteiger partial charge in [0.05, 0.1) is 5.69 Å². The van der Waals surface area contributed by atoms with Gasteiger partial charge in [-0.05, 0) is 47.0 Å². The van der Waals surface area contributed by atoms with Crippen LogP contribution in [0.15, 0.2) is 27.5 Å². The lowest BCUT2D eigenvalue weighted by atomic mass is 10.2. The molecule has 1 heterocycles. The summed E-state index contributed by atoms with van der Waals surface area (Å²) in [6.07, 6.45) is 2.15. The smallest absolute Gasteiger partial charge is 0.265 e. The Labute approximate surface area is 128 Å². The van der Waals surface area contributed by atoms with Crippen molar-refractivity contribution in [2.75, 3.05) is 0 Å². The molecule has 1 aliphatic carbocycles. The fourth-order valence-electron chi connectivity index (χ4n) is 1.93. The van der Waals surface area contributed by atoms with Crippen LogP contribution < -0.4 is 5.56 Å². The van der Waals surface area contributed by atoms with Crippen LogP contribution in [-0.2, 0) is 0 Å². The first-order valence-corrected chi connectivity index (χ1v) is 7.35. The van der Waals surface area contributed by atoms with Crippen molar-refractivity contribution in [3.05, 3.63) is 48.8 Å². The van der Waals surface area contributed by atoms with Gasteiger partial charge in [-0.3, -0.25) is 4.79 Å². The van der Waals surface area contributed by atoms with Crippen molar-refractivity contribution in [1.29, 1.82) is 0 Å². The van der Waals surface area contributed by atoms with Crippen molar-refractivity contribution in [1.82, 2.24) is 9.97 Å². The molecule has 1 fully saturated rings. The van der Waals surface area contributed by atoms with Crippen LogP contribution in [0.25, 0.3) is 11.4 Å². The van der Waals surface area contributed by atoms with Gasteiger partial charge in [0, 0.05) is 21.5 Å². The lowest BCUT2D eigenvalue weighted by molar-refractivity contribution is 0.960. The fourth-order valence-corrected chi connectivity index (χ4v) is 2.97. The number of benzene rings is 1. The Bertz CT molecular complexity index is 690. The molecule has 1 aromatic heterocycles. The van der Waals surface area contributed by atoms with E-state index in [2.05, 4.69) is 25.9 Å². The summed E-state index contributed by atoms with van der Waals surface area (Å²) in [5.74, 6) is 0.879. The highest BCUT2D eigenvalue weighted by atomic mass is 79.9. The Morgan fingerprint density at radius 1 is 1.21 bits per heavy atom. The van der Waals surface area contributed by atoms with Crippen molar-refractivity contribution < 1.29 is 0 Å². The van der Waals surface area contributed by atoms with E-state index in [1.807, 2.05) is 0 Å². The quantitative estimate of drug-likeness (QED) is 0.864. The molecule has 1 aromatic carbocycles. The van der Waals surface area contributed by atoms with Crippen molar-refractivity contribution in [2.45, 2.75) is 18.8 Å². The molecule has 0 spiro atoms. The SMILES string of the molecule is O=c1[nH]c(-c2cc(Cl)cc(Cl)c2)nc(C2CC2)c1Br. The average molecular weight is 360 g/mol. The normalized spacial score (nSPS) is 14.7. The number of aromatic nitrogens is 2. The van der Waals surface area contributed by atoms with Crippen LogP contribution in [0.3, 0.4) is 0 Å². The van der Waals surface area contributed by atoms with E-state index in [0.717, 1.165) is 18.5 Å². The molecule has 0 radical (unpaired) electrons. The Morgan fingerprint density at radius 3 is 2.42 bits per heavy atom. The Balaban J connectivity index is 2.17. The molecule has 2 aromatic rings. The van der Waals surface area contributed by atoms with Gasteiger partial charge in [-0.2, -0.15) is 0 Å². The number of hydrogen-bond donors (Lipinski definition) is 1. The molecule has 0 bridgehead atoms. The molecule has 98 valence electrons. The maximum atomic E-state index is 11.9. The van der Waals surface area contributed by atoms with Crippen LogP contribution >= 0.6 is 39.1 Å². The second kappa shape index (κ2) is 4.93. The van der Waals surface area contributed by atoms with Crippen LogP contribution in [0.2, 0.25) is 10.0 Å². The minimum atomic E-state index is -0.178. The summed E-state index contributed by atoms with van der Waals surface area (Å²) < 4.78 is 0.520. The predicted octanol–water partition coefficient (Wildman–Crippen LogP) is 4.38. The molecule has 19 heavy (non-hydrogen) atoms. The lowest BCUT2D eigenvalue weighted by Crippen LogP contribution is -2.13. The van der Waals surface area contributed by atoms with E-state index >= 15 is 0 Å². The fraction of sp³-hybridized carbons (Fsp3) is 0.231. The van der Waals surface area contributed by atoms with Crippen molar-refractivity contribution in [3.8, 4) is 11.4 Å². The second-order valence-corrected chi connectivity index (χ2v) is 6.21. The molecular formula is C13H9BrCl2N2O. The molecule has 0 saturated heterocycles.